The van der Waals surface area contributed by atoms with Crippen LogP contribution in [0.5, 0.6) is 0 Å². The highest BCUT2D eigenvalue weighted by molar-refractivity contribution is 5.96. The lowest BCUT2D eigenvalue weighted by Gasteiger charge is -2.13. The first-order chi connectivity index (χ1) is 11.0. The zero-order valence-corrected chi connectivity index (χ0v) is 13.2. The van der Waals surface area contributed by atoms with Crippen LogP contribution in [-0.2, 0) is 7.05 Å². The molecule has 0 aliphatic heterocycles. The summed E-state index contributed by atoms with van der Waals surface area (Å²) in [6.45, 7) is 3.78. The Hall–Kier alpha value is -2.89. The summed E-state index contributed by atoms with van der Waals surface area (Å²) in [5, 5.41) is 7.69. The van der Waals surface area contributed by atoms with Crippen LogP contribution in [0.4, 0.5) is 0 Å². The van der Waals surface area contributed by atoms with Gasteiger partial charge >= 0.3 is 5.63 Å². The number of benzene rings is 1. The van der Waals surface area contributed by atoms with E-state index in [-0.39, 0.29) is 11.6 Å². The summed E-state index contributed by atoms with van der Waals surface area (Å²) >= 11 is 0. The van der Waals surface area contributed by atoms with Crippen molar-refractivity contribution in [2.75, 3.05) is 0 Å². The second-order valence-electron chi connectivity index (χ2n) is 5.49. The van der Waals surface area contributed by atoms with Crippen molar-refractivity contribution in [3.8, 4) is 0 Å². The Kier molecular flexibility index (Phi) is 3.73. The molecule has 0 saturated heterocycles. The molecular formula is C17H17N3O3. The average molecular weight is 311 g/mol. The Balaban J connectivity index is 1.90. The molecule has 0 bridgehead atoms. The number of para-hydroxylation sites is 1. The molecule has 1 atom stereocenters. The Labute approximate surface area is 132 Å². The first-order valence-electron chi connectivity index (χ1n) is 7.29. The normalized spacial score (nSPS) is 12.3. The highest BCUT2D eigenvalue weighted by atomic mass is 16.4. The van der Waals surface area contributed by atoms with Gasteiger partial charge in [-0.2, -0.15) is 5.10 Å². The number of amides is 1. The summed E-state index contributed by atoms with van der Waals surface area (Å²) in [6.07, 6.45) is 1.71. The summed E-state index contributed by atoms with van der Waals surface area (Å²) in [6, 6.07) is 8.38. The number of fused-ring (bicyclic) bond motifs is 1. The van der Waals surface area contributed by atoms with E-state index in [1.54, 1.807) is 35.1 Å². The fourth-order valence-corrected chi connectivity index (χ4v) is 2.51. The van der Waals surface area contributed by atoms with Gasteiger partial charge in [-0.3, -0.25) is 9.48 Å². The molecular weight excluding hydrogens is 294 g/mol. The molecule has 23 heavy (non-hydrogen) atoms. The van der Waals surface area contributed by atoms with E-state index in [0.29, 0.717) is 11.0 Å². The molecule has 0 aliphatic carbocycles. The molecule has 6 nitrogen and oxygen atoms in total. The van der Waals surface area contributed by atoms with E-state index < -0.39 is 11.5 Å². The smallest absolute Gasteiger partial charge is 0.349 e. The minimum atomic E-state index is -0.642. The van der Waals surface area contributed by atoms with Crippen molar-refractivity contribution >= 4 is 16.9 Å². The minimum absolute atomic E-state index is 0.00269. The van der Waals surface area contributed by atoms with Gasteiger partial charge in [0, 0.05) is 23.7 Å². The maximum atomic E-state index is 12.4. The monoisotopic (exact) mass is 311 g/mol. The van der Waals surface area contributed by atoms with Crippen LogP contribution in [0.15, 0.2) is 45.7 Å². The topological polar surface area (TPSA) is 77.1 Å². The van der Waals surface area contributed by atoms with Gasteiger partial charge in [0.2, 0.25) is 0 Å². The number of aryl methyl sites for hydroxylation is 1. The predicted octanol–water partition coefficient (Wildman–Crippen LogP) is 2.33. The van der Waals surface area contributed by atoms with Gasteiger partial charge in [0.1, 0.15) is 11.1 Å². The van der Waals surface area contributed by atoms with Crippen molar-refractivity contribution in [1.29, 1.82) is 0 Å². The Morgan fingerprint density at radius 3 is 2.78 bits per heavy atom. The van der Waals surface area contributed by atoms with E-state index in [0.717, 1.165) is 11.3 Å². The van der Waals surface area contributed by atoms with Gasteiger partial charge in [-0.05, 0) is 26.0 Å². The van der Waals surface area contributed by atoms with E-state index in [9.17, 15) is 9.59 Å². The highest BCUT2D eigenvalue weighted by Gasteiger charge is 2.18. The van der Waals surface area contributed by atoms with Crippen molar-refractivity contribution < 1.29 is 9.21 Å². The second kappa shape index (κ2) is 5.72. The van der Waals surface area contributed by atoms with Crippen molar-refractivity contribution in [1.82, 2.24) is 15.1 Å². The number of nitrogens with zero attached hydrogens (tertiary/aromatic N) is 2. The number of hydrogen-bond acceptors (Lipinski definition) is 4. The molecule has 3 rings (SSSR count). The van der Waals surface area contributed by atoms with Crippen LogP contribution in [0.2, 0.25) is 0 Å². The van der Waals surface area contributed by atoms with E-state index >= 15 is 0 Å². The van der Waals surface area contributed by atoms with Crippen LogP contribution >= 0.6 is 0 Å². The lowest BCUT2D eigenvalue weighted by molar-refractivity contribution is 0.0936. The van der Waals surface area contributed by atoms with Crippen LogP contribution in [0.1, 0.15) is 34.6 Å². The summed E-state index contributed by atoms with van der Waals surface area (Å²) < 4.78 is 6.93. The Bertz CT molecular complexity index is 940. The lowest BCUT2D eigenvalue weighted by Crippen LogP contribution is -2.30. The molecule has 0 saturated carbocycles. The van der Waals surface area contributed by atoms with Crippen molar-refractivity contribution in [3.05, 3.63) is 63.8 Å². The number of rotatable bonds is 3. The van der Waals surface area contributed by atoms with Crippen molar-refractivity contribution in [3.63, 3.8) is 0 Å². The zero-order valence-electron chi connectivity index (χ0n) is 13.2. The van der Waals surface area contributed by atoms with Crippen LogP contribution in [0.25, 0.3) is 11.0 Å². The lowest BCUT2D eigenvalue weighted by atomic mass is 10.1. The van der Waals surface area contributed by atoms with Crippen molar-refractivity contribution in [2.24, 2.45) is 7.05 Å². The van der Waals surface area contributed by atoms with E-state index in [4.69, 9.17) is 4.42 Å². The number of nitrogens with one attached hydrogen (secondary N) is 1. The van der Waals surface area contributed by atoms with Gasteiger partial charge in [-0.15, -0.1) is 0 Å². The summed E-state index contributed by atoms with van der Waals surface area (Å²) in [7, 11) is 1.84. The molecule has 0 unspecified atom stereocenters. The Morgan fingerprint density at radius 1 is 1.35 bits per heavy atom. The molecule has 3 aromatic rings. The van der Waals surface area contributed by atoms with Gasteiger partial charge in [-0.25, -0.2) is 4.79 Å². The summed E-state index contributed by atoms with van der Waals surface area (Å²) in [5.41, 5.74) is 1.69. The predicted molar refractivity (Wildman–Crippen MR) is 86.3 cm³/mol. The standard InChI is InChI=1S/C17H17N3O3/c1-10(14-9-18-20(3)11(14)2)19-16(21)13-8-12-6-4-5-7-15(12)23-17(13)22/h4-10H,1-3H3,(H,19,21)/t10-/m1/s1. The maximum absolute atomic E-state index is 12.4. The van der Waals surface area contributed by atoms with Gasteiger partial charge in [0.05, 0.1) is 12.2 Å². The third-order valence-corrected chi connectivity index (χ3v) is 3.97. The first-order valence-corrected chi connectivity index (χ1v) is 7.29. The molecule has 0 radical (unpaired) electrons. The largest absolute Gasteiger partial charge is 0.422 e. The minimum Gasteiger partial charge on any atom is -0.422 e. The summed E-state index contributed by atoms with van der Waals surface area (Å²) in [4.78, 5) is 24.4. The number of carbonyl (C=O) groups excluding carboxylic acids is 1. The van der Waals surface area contributed by atoms with Crippen LogP contribution in [0.3, 0.4) is 0 Å². The van der Waals surface area contributed by atoms with Gasteiger partial charge in [-0.1, -0.05) is 18.2 Å². The fraction of sp³-hybridized carbons (Fsp3) is 0.235. The molecule has 118 valence electrons. The third-order valence-electron chi connectivity index (χ3n) is 3.97. The first kappa shape index (κ1) is 15.0. The van der Waals surface area contributed by atoms with Crippen LogP contribution < -0.4 is 10.9 Å². The maximum Gasteiger partial charge on any atom is 0.349 e. The molecule has 2 aromatic heterocycles. The van der Waals surface area contributed by atoms with E-state index in [2.05, 4.69) is 10.4 Å². The van der Waals surface area contributed by atoms with Gasteiger partial charge < -0.3 is 9.73 Å². The molecule has 0 aliphatic rings. The van der Waals surface area contributed by atoms with Crippen LogP contribution in [-0.4, -0.2) is 15.7 Å². The third kappa shape index (κ3) is 2.75. The quantitative estimate of drug-likeness (QED) is 0.753. The number of carbonyl (C=O) groups is 1. The van der Waals surface area contributed by atoms with Crippen molar-refractivity contribution in [2.45, 2.75) is 19.9 Å². The van der Waals surface area contributed by atoms with E-state index in [1.165, 1.54) is 0 Å². The highest BCUT2D eigenvalue weighted by Crippen LogP contribution is 2.17. The number of hydrogen-bond donors (Lipinski definition) is 1. The SMILES string of the molecule is Cc1c([C@@H](C)NC(=O)c2cc3ccccc3oc2=O)cnn1C. The molecule has 1 N–H and O–H groups in total. The fourth-order valence-electron chi connectivity index (χ4n) is 2.51. The molecule has 2 heterocycles. The Morgan fingerprint density at radius 2 is 2.09 bits per heavy atom. The molecule has 1 aromatic carbocycles. The zero-order chi connectivity index (χ0) is 16.6. The van der Waals surface area contributed by atoms with Gasteiger partial charge in [0.25, 0.3) is 5.91 Å². The average Bonchev–Trinajstić information content (AvgIpc) is 2.86. The molecule has 6 heteroatoms. The molecule has 0 spiro atoms. The van der Waals surface area contributed by atoms with Gasteiger partial charge in [0.15, 0.2) is 0 Å². The molecule has 1 amide bonds. The summed E-state index contributed by atoms with van der Waals surface area (Å²) in [5.74, 6) is -0.458. The van der Waals surface area contributed by atoms with Crippen LogP contribution in [0, 0.1) is 6.92 Å². The second-order valence-corrected chi connectivity index (χ2v) is 5.49. The molecule has 0 fully saturated rings. The number of aromatic nitrogens is 2. The van der Waals surface area contributed by atoms with E-state index in [1.807, 2.05) is 27.0 Å².